The second kappa shape index (κ2) is 12.2. The molecule has 0 bridgehead atoms. The Kier molecular flexibility index (Phi) is 9.25. The SMILES string of the molecule is O=C(NCC(O)CO)c1cccc(Cn2c(CCCC(F)(F)F)nc(-c3ccc(Cl)cc3)cc2=O)c1. The van der Waals surface area contributed by atoms with Crippen LogP contribution in [0.5, 0.6) is 0 Å². The summed E-state index contributed by atoms with van der Waals surface area (Å²) in [7, 11) is 0. The van der Waals surface area contributed by atoms with Gasteiger partial charge in [0.1, 0.15) is 5.82 Å². The van der Waals surface area contributed by atoms with Gasteiger partial charge in [0.05, 0.1) is 24.9 Å². The van der Waals surface area contributed by atoms with Crippen molar-refractivity contribution in [1.29, 1.82) is 0 Å². The second-order valence-corrected chi connectivity index (χ2v) is 8.64. The molecule has 2 aromatic carbocycles. The number of hydrogen-bond donors (Lipinski definition) is 3. The normalized spacial score (nSPS) is 12.4. The Hall–Kier alpha value is -3.21. The summed E-state index contributed by atoms with van der Waals surface area (Å²) in [6, 6.07) is 14.3. The third kappa shape index (κ3) is 7.91. The minimum absolute atomic E-state index is 0.00549. The monoisotopic (exact) mass is 523 g/mol. The topological polar surface area (TPSA) is 104 Å². The van der Waals surface area contributed by atoms with E-state index in [1.165, 1.54) is 10.6 Å². The van der Waals surface area contributed by atoms with Crippen molar-refractivity contribution in [1.82, 2.24) is 14.9 Å². The average Bonchev–Trinajstić information content (AvgIpc) is 2.84. The van der Waals surface area contributed by atoms with E-state index in [-0.39, 0.29) is 37.3 Å². The number of nitrogens with zero attached hydrogens (tertiary/aromatic N) is 2. The first kappa shape index (κ1) is 27.4. The summed E-state index contributed by atoms with van der Waals surface area (Å²) >= 11 is 5.92. The zero-order valence-corrected chi connectivity index (χ0v) is 19.9. The molecule has 0 fully saturated rings. The van der Waals surface area contributed by atoms with Crippen LogP contribution in [0.3, 0.4) is 0 Å². The van der Waals surface area contributed by atoms with Crippen molar-refractivity contribution >= 4 is 17.5 Å². The molecule has 0 saturated carbocycles. The third-order valence-corrected chi connectivity index (χ3v) is 5.58. The number of aryl methyl sites for hydroxylation is 1. The number of carbonyl (C=O) groups is 1. The summed E-state index contributed by atoms with van der Waals surface area (Å²) in [6.07, 6.45) is -6.75. The minimum atomic E-state index is -4.33. The van der Waals surface area contributed by atoms with E-state index in [0.29, 0.717) is 21.8 Å². The predicted octanol–water partition coefficient (Wildman–Crippen LogP) is 3.58. The van der Waals surface area contributed by atoms with Crippen molar-refractivity contribution in [2.75, 3.05) is 13.2 Å². The molecule has 7 nitrogen and oxygen atoms in total. The predicted molar refractivity (Wildman–Crippen MR) is 129 cm³/mol. The fraction of sp³-hybridized carbons (Fsp3) is 0.320. The first-order valence-corrected chi connectivity index (χ1v) is 11.5. The van der Waals surface area contributed by atoms with E-state index in [4.69, 9.17) is 16.7 Å². The molecule has 1 unspecified atom stereocenters. The van der Waals surface area contributed by atoms with E-state index in [0.717, 1.165) is 0 Å². The number of aliphatic hydroxyl groups is 2. The first-order chi connectivity index (χ1) is 17.1. The number of aromatic nitrogens is 2. The van der Waals surface area contributed by atoms with Crippen LogP contribution in [-0.2, 0) is 13.0 Å². The molecule has 0 spiro atoms. The Bertz CT molecular complexity index is 1250. The Labute approximate surface area is 210 Å². The van der Waals surface area contributed by atoms with Crippen molar-refractivity contribution in [3.8, 4) is 11.3 Å². The van der Waals surface area contributed by atoms with Crippen LogP contribution in [0.2, 0.25) is 5.02 Å². The smallest absolute Gasteiger partial charge is 0.389 e. The standard InChI is InChI=1S/C25H25ClF3N3O4/c26-19-8-6-17(7-9-19)21-12-23(35)32(22(31-21)5-2-10-25(27,28)29)14-16-3-1-4-18(11-16)24(36)30-13-20(34)15-33/h1,3-4,6-9,11-12,20,33-34H,2,5,10,13-15H2,(H,30,36). The van der Waals surface area contributed by atoms with Gasteiger partial charge in [-0.05, 0) is 36.2 Å². The van der Waals surface area contributed by atoms with E-state index in [1.807, 2.05) is 0 Å². The summed E-state index contributed by atoms with van der Waals surface area (Å²) in [5.74, 6) is -0.295. The fourth-order valence-corrected chi connectivity index (χ4v) is 3.63. The molecule has 0 aliphatic carbocycles. The van der Waals surface area contributed by atoms with Crippen LogP contribution in [0.25, 0.3) is 11.3 Å². The molecule has 0 aliphatic heterocycles. The Morgan fingerprint density at radius 2 is 1.86 bits per heavy atom. The number of amides is 1. The van der Waals surface area contributed by atoms with Crippen LogP contribution >= 0.6 is 11.6 Å². The van der Waals surface area contributed by atoms with Gasteiger partial charge in [-0.25, -0.2) is 4.98 Å². The molecule has 11 heteroatoms. The van der Waals surface area contributed by atoms with Crippen LogP contribution in [0.1, 0.15) is 34.6 Å². The summed E-state index contributed by atoms with van der Waals surface area (Å²) in [4.78, 5) is 29.9. The van der Waals surface area contributed by atoms with Crippen LogP contribution in [0, 0.1) is 0 Å². The third-order valence-electron chi connectivity index (χ3n) is 5.33. The van der Waals surface area contributed by atoms with Crippen molar-refractivity contribution in [3.05, 3.63) is 86.9 Å². The van der Waals surface area contributed by atoms with E-state index in [9.17, 15) is 27.9 Å². The molecule has 1 heterocycles. The molecule has 3 N–H and O–H groups in total. The van der Waals surface area contributed by atoms with Crippen molar-refractivity contribution < 1.29 is 28.2 Å². The molecule has 0 saturated heterocycles. The first-order valence-electron chi connectivity index (χ1n) is 11.2. The molecule has 3 aromatic rings. The highest BCUT2D eigenvalue weighted by Gasteiger charge is 2.26. The zero-order chi connectivity index (χ0) is 26.3. The number of benzene rings is 2. The van der Waals surface area contributed by atoms with E-state index in [2.05, 4.69) is 10.3 Å². The molecule has 0 radical (unpaired) electrons. The van der Waals surface area contributed by atoms with Gasteiger partial charge in [0.25, 0.3) is 11.5 Å². The van der Waals surface area contributed by atoms with Gasteiger partial charge in [-0.3, -0.25) is 14.2 Å². The maximum absolute atomic E-state index is 13.0. The van der Waals surface area contributed by atoms with Crippen LogP contribution < -0.4 is 10.9 Å². The number of halogens is 4. The van der Waals surface area contributed by atoms with Gasteiger partial charge in [0.15, 0.2) is 0 Å². The molecule has 1 aromatic heterocycles. The lowest BCUT2D eigenvalue weighted by atomic mass is 10.1. The summed E-state index contributed by atoms with van der Waals surface area (Å²) in [5.41, 5.74) is 1.30. The quantitative estimate of drug-likeness (QED) is 0.377. The lowest BCUT2D eigenvalue weighted by Crippen LogP contribution is -2.34. The van der Waals surface area contributed by atoms with Gasteiger partial charge < -0.3 is 15.5 Å². The Morgan fingerprint density at radius 3 is 2.53 bits per heavy atom. The number of hydrogen-bond acceptors (Lipinski definition) is 5. The molecule has 1 amide bonds. The Balaban J connectivity index is 1.90. The summed E-state index contributed by atoms with van der Waals surface area (Å²) in [6.45, 7) is -0.647. The number of aliphatic hydroxyl groups excluding tert-OH is 2. The van der Waals surface area contributed by atoms with Crippen LogP contribution in [0.15, 0.2) is 59.4 Å². The van der Waals surface area contributed by atoms with Gasteiger partial charge in [-0.2, -0.15) is 13.2 Å². The number of alkyl halides is 3. The fourth-order valence-electron chi connectivity index (χ4n) is 3.50. The lowest BCUT2D eigenvalue weighted by molar-refractivity contribution is -0.135. The van der Waals surface area contributed by atoms with Gasteiger partial charge in [0, 0.05) is 41.6 Å². The highest BCUT2D eigenvalue weighted by Crippen LogP contribution is 2.23. The molecule has 1 atom stereocenters. The number of rotatable bonds is 10. The lowest BCUT2D eigenvalue weighted by Gasteiger charge is -2.15. The highest BCUT2D eigenvalue weighted by atomic mass is 35.5. The minimum Gasteiger partial charge on any atom is -0.394 e. The Morgan fingerprint density at radius 1 is 1.14 bits per heavy atom. The number of nitrogens with one attached hydrogen (secondary N) is 1. The second-order valence-electron chi connectivity index (χ2n) is 8.20. The molecular formula is C25H25ClF3N3O4. The molecular weight excluding hydrogens is 499 g/mol. The molecule has 192 valence electrons. The molecule has 36 heavy (non-hydrogen) atoms. The van der Waals surface area contributed by atoms with Gasteiger partial charge in [-0.15, -0.1) is 0 Å². The molecule has 0 aliphatic rings. The van der Waals surface area contributed by atoms with E-state index >= 15 is 0 Å². The molecule has 3 rings (SSSR count). The number of carbonyl (C=O) groups excluding carboxylic acids is 1. The van der Waals surface area contributed by atoms with Crippen LogP contribution in [-0.4, -0.2) is 51.1 Å². The summed E-state index contributed by atoms with van der Waals surface area (Å²) < 4.78 is 39.6. The largest absolute Gasteiger partial charge is 0.394 e. The average molecular weight is 524 g/mol. The van der Waals surface area contributed by atoms with Crippen molar-refractivity contribution in [2.45, 2.75) is 38.1 Å². The van der Waals surface area contributed by atoms with Gasteiger partial charge >= 0.3 is 6.18 Å². The highest BCUT2D eigenvalue weighted by molar-refractivity contribution is 6.30. The van der Waals surface area contributed by atoms with Crippen LogP contribution in [0.4, 0.5) is 13.2 Å². The van der Waals surface area contributed by atoms with Gasteiger partial charge in [0.2, 0.25) is 0 Å². The maximum atomic E-state index is 13.0. The maximum Gasteiger partial charge on any atom is 0.389 e. The van der Waals surface area contributed by atoms with E-state index < -0.39 is 36.8 Å². The van der Waals surface area contributed by atoms with Crippen molar-refractivity contribution in [2.24, 2.45) is 0 Å². The summed E-state index contributed by atoms with van der Waals surface area (Å²) in [5, 5.41) is 21.3. The van der Waals surface area contributed by atoms with Crippen molar-refractivity contribution in [3.63, 3.8) is 0 Å². The van der Waals surface area contributed by atoms with Gasteiger partial charge in [-0.1, -0.05) is 35.9 Å². The van der Waals surface area contributed by atoms with E-state index in [1.54, 1.807) is 48.5 Å². The zero-order valence-electron chi connectivity index (χ0n) is 19.1.